The standard InChI is InChI=1S/C11H12F3NO2S/c1-18-6-8-2-4-9(5-3-8)10(16)15-17-7-11(12,13)14/h2-5H,6-7H2,1H3,(H,15,16). The van der Waals surface area contributed by atoms with Crippen LogP contribution < -0.4 is 5.48 Å². The van der Waals surface area contributed by atoms with Crippen LogP contribution in [0.1, 0.15) is 15.9 Å². The van der Waals surface area contributed by atoms with Gasteiger partial charge in [-0.1, -0.05) is 12.1 Å². The van der Waals surface area contributed by atoms with E-state index in [1.807, 2.05) is 6.26 Å². The molecule has 1 aromatic rings. The van der Waals surface area contributed by atoms with Gasteiger partial charge in [-0.3, -0.25) is 9.63 Å². The van der Waals surface area contributed by atoms with E-state index in [9.17, 15) is 18.0 Å². The fraction of sp³-hybridized carbons (Fsp3) is 0.364. The predicted octanol–water partition coefficient (Wildman–Crippen LogP) is 2.77. The third-order valence-electron chi connectivity index (χ3n) is 1.93. The van der Waals surface area contributed by atoms with Crippen LogP contribution in [0.3, 0.4) is 0 Å². The second kappa shape index (κ2) is 6.65. The van der Waals surface area contributed by atoms with Crippen molar-refractivity contribution in [3.05, 3.63) is 35.4 Å². The van der Waals surface area contributed by atoms with Crippen LogP contribution >= 0.6 is 11.8 Å². The number of benzene rings is 1. The molecule has 0 atom stereocenters. The van der Waals surface area contributed by atoms with E-state index < -0.39 is 18.7 Å². The lowest BCUT2D eigenvalue weighted by molar-refractivity contribution is -0.184. The molecule has 0 heterocycles. The molecule has 1 N–H and O–H groups in total. The van der Waals surface area contributed by atoms with Crippen LogP contribution in [0.15, 0.2) is 24.3 Å². The molecule has 0 radical (unpaired) electrons. The van der Waals surface area contributed by atoms with Gasteiger partial charge in [0.2, 0.25) is 0 Å². The summed E-state index contributed by atoms with van der Waals surface area (Å²) in [6.45, 7) is -1.51. The van der Waals surface area contributed by atoms with Crippen LogP contribution in [-0.4, -0.2) is 24.9 Å². The number of amides is 1. The molecule has 18 heavy (non-hydrogen) atoms. The second-order valence-corrected chi connectivity index (χ2v) is 4.33. The van der Waals surface area contributed by atoms with Gasteiger partial charge in [-0.25, -0.2) is 5.48 Å². The first kappa shape index (κ1) is 14.8. The average molecular weight is 279 g/mol. The Morgan fingerprint density at radius 3 is 2.44 bits per heavy atom. The lowest BCUT2D eigenvalue weighted by atomic mass is 10.1. The second-order valence-electron chi connectivity index (χ2n) is 3.46. The summed E-state index contributed by atoms with van der Waals surface area (Å²) in [6, 6.07) is 6.57. The fourth-order valence-corrected chi connectivity index (χ4v) is 1.69. The quantitative estimate of drug-likeness (QED) is 0.842. The fourth-order valence-electron chi connectivity index (χ4n) is 1.16. The van der Waals surface area contributed by atoms with E-state index in [2.05, 4.69) is 4.84 Å². The molecule has 0 aliphatic carbocycles. The molecule has 0 saturated carbocycles. The number of hydrogen-bond acceptors (Lipinski definition) is 3. The SMILES string of the molecule is CSCc1ccc(C(=O)NOCC(F)(F)F)cc1. The molecule has 0 spiro atoms. The predicted molar refractivity (Wildman–Crippen MR) is 63.1 cm³/mol. The van der Waals surface area contributed by atoms with Crippen molar-refractivity contribution in [2.45, 2.75) is 11.9 Å². The number of hydroxylamine groups is 1. The molecule has 7 heteroatoms. The summed E-state index contributed by atoms with van der Waals surface area (Å²) in [6.07, 6.45) is -2.51. The number of halogens is 3. The molecule has 0 aliphatic heterocycles. The highest BCUT2D eigenvalue weighted by Crippen LogP contribution is 2.14. The van der Waals surface area contributed by atoms with Gasteiger partial charge in [-0.2, -0.15) is 24.9 Å². The maximum Gasteiger partial charge on any atom is 0.414 e. The van der Waals surface area contributed by atoms with Gasteiger partial charge < -0.3 is 0 Å². The highest BCUT2D eigenvalue weighted by Gasteiger charge is 2.28. The lowest BCUT2D eigenvalue weighted by Gasteiger charge is -2.08. The highest BCUT2D eigenvalue weighted by atomic mass is 32.2. The minimum Gasteiger partial charge on any atom is -0.267 e. The van der Waals surface area contributed by atoms with E-state index in [0.717, 1.165) is 11.3 Å². The summed E-state index contributed by atoms with van der Waals surface area (Å²) in [5, 5.41) is 0. The van der Waals surface area contributed by atoms with E-state index >= 15 is 0 Å². The number of carbonyl (C=O) groups excluding carboxylic acids is 1. The number of nitrogens with one attached hydrogen (secondary N) is 1. The number of alkyl halides is 3. The maximum atomic E-state index is 11.8. The number of hydrogen-bond donors (Lipinski definition) is 1. The summed E-state index contributed by atoms with van der Waals surface area (Å²) in [7, 11) is 0. The summed E-state index contributed by atoms with van der Waals surface area (Å²) in [5.74, 6) is 0.113. The van der Waals surface area contributed by atoms with Gasteiger partial charge in [0.05, 0.1) is 0 Å². The third-order valence-corrected chi connectivity index (χ3v) is 2.55. The molecule has 3 nitrogen and oxygen atoms in total. The van der Waals surface area contributed by atoms with Gasteiger partial charge in [0.1, 0.15) is 0 Å². The molecule has 1 amide bonds. The molecule has 0 saturated heterocycles. The van der Waals surface area contributed by atoms with Crippen LogP contribution in [0.5, 0.6) is 0 Å². The summed E-state index contributed by atoms with van der Waals surface area (Å²) in [4.78, 5) is 15.5. The first-order chi connectivity index (χ1) is 8.42. The van der Waals surface area contributed by atoms with E-state index in [1.165, 1.54) is 12.1 Å². The van der Waals surface area contributed by atoms with E-state index in [4.69, 9.17) is 0 Å². The summed E-state index contributed by atoms with van der Waals surface area (Å²) < 4.78 is 35.3. The largest absolute Gasteiger partial charge is 0.414 e. The molecular formula is C11H12F3NO2S. The Morgan fingerprint density at radius 1 is 1.33 bits per heavy atom. The summed E-state index contributed by atoms with van der Waals surface area (Å²) >= 11 is 1.64. The van der Waals surface area contributed by atoms with E-state index in [1.54, 1.807) is 29.4 Å². The number of thioether (sulfide) groups is 1. The normalized spacial score (nSPS) is 11.3. The first-order valence-electron chi connectivity index (χ1n) is 4.99. The molecule has 0 unspecified atom stereocenters. The third kappa shape index (κ3) is 5.42. The highest BCUT2D eigenvalue weighted by molar-refractivity contribution is 7.97. The zero-order valence-corrected chi connectivity index (χ0v) is 10.4. The number of carbonyl (C=O) groups is 1. The van der Waals surface area contributed by atoms with Crippen molar-refractivity contribution in [3.8, 4) is 0 Å². The van der Waals surface area contributed by atoms with Crippen LogP contribution in [0.2, 0.25) is 0 Å². The van der Waals surface area contributed by atoms with Gasteiger partial charge in [-0.05, 0) is 24.0 Å². The molecule has 0 fully saturated rings. The monoisotopic (exact) mass is 279 g/mol. The van der Waals surface area contributed by atoms with Crippen LogP contribution in [0.25, 0.3) is 0 Å². The maximum absolute atomic E-state index is 11.8. The van der Waals surface area contributed by atoms with Gasteiger partial charge in [0, 0.05) is 11.3 Å². The molecule has 0 bridgehead atoms. The van der Waals surface area contributed by atoms with Gasteiger partial charge in [-0.15, -0.1) is 0 Å². The first-order valence-corrected chi connectivity index (χ1v) is 6.38. The van der Waals surface area contributed by atoms with Crippen molar-refractivity contribution in [1.82, 2.24) is 5.48 Å². The van der Waals surface area contributed by atoms with Gasteiger partial charge in [0.25, 0.3) is 5.91 Å². The Balaban J connectivity index is 2.46. The Bertz CT molecular complexity index is 392. The van der Waals surface area contributed by atoms with Crippen molar-refractivity contribution < 1.29 is 22.8 Å². The Kier molecular flexibility index (Phi) is 5.49. The van der Waals surface area contributed by atoms with Gasteiger partial charge in [0.15, 0.2) is 6.61 Å². The van der Waals surface area contributed by atoms with Crippen LogP contribution in [0.4, 0.5) is 13.2 Å². The molecule has 1 aromatic carbocycles. The van der Waals surface area contributed by atoms with Crippen molar-refractivity contribution >= 4 is 17.7 Å². The zero-order valence-electron chi connectivity index (χ0n) is 9.58. The molecular weight excluding hydrogens is 267 g/mol. The van der Waals surface area contributed by atoms with Gasteiger partial charge >= 0.3 is 6.18 Å². The lowest BCUT2D eigenvalue weighted by Crippen LogP contribution is -2.29. The number of rotatable bonds is 5. The smallest absolute Gasteiger partial charge is 0.267 e. The zero-order chi connectivity index (χ0) is 13.6. The van der Waals surface area contributed by atoms with E-state index in [-0.39, 0.29) is 5.56 Å². The Labute approximate surface area is 107 Å². The van der Waals surface area contributed by atoms with Crippen molar-refractivity contribution in [1.29, 1.82) is 0 Å². The van der Waals surface area contributed by atoms with Crippen LogP contribution in [-0.2, 0) is 10.6 Å². The van der Waals surface area contributed by atoms with Crippen LogP contribution in [0, 0.1) is 0 Å². The molecule has 0 aromatic heterocycles. The Morgan fingerprint density at radius 2 is 1.94 bits per heavy atom. The van der Waals surface area contributed by atoms with E-state index in [0.29, 0.717) is 0 Å². The molecule has 1 rings (SSSR count). The van der Waals surface area contributed by atoms with Crippen molar-refractivity contribution in [2.75, 3.05) is 12.9 Å². The topological polar surface area (TPSA) is 38.3 Å². The molecule has 100 valence electrons. The summed E-state index contributed by atoms with van der Waals surface area (Å²) in [5.41, 5.74) is 3.03. The minimum absolute atomic E-state index is 0.252. The Hall–Kier alpha value is -1.21. The average Bonchev–Trinajstić information content (AvgIpc) is 2.28. The van der Waals surface area contributed by atoms with Crippen molar-refractivity contribution in [2.24, 2.45) is 0 Å². The molecule has 0 aliphatic rings. The minimum atomic E-state index is -4.46. The van der Waals surface area contributed by atoms with Crippen molar-refractivity contribution in [3.63, 3.8) is 0 Å².